The van der Waals surface area contributed by atoms with Crippen molar-refractivity contribution >= 4 is 22.9 Å². The van der Waals surface area contributed by atoms with E-state index in [0.717, 1.165) is 10.4 Å². The Balaban J connectivity index is 2.03. The van der Waals surface area contributed by atoms with E-state index in [4.69, 9.17) is 17.3 Å². The quantitative estimate of drug-likeness (QED) is 0.895. The average Bonchev–Trinajstić information content (AvgIpc) is 2.76. The predicted octanol–water partition coefficient (Wildman–Crippen LogP) is 3.00. The van der Waals surface area contributed by atoms with E-state index < -0.39 is 6.10 Å². The van der Waals surface area contributed by atoms with Crippen LogP contribution in [0.4, 0.5) is 0 Å². The lowest BCUT2D eigenvalue weighted by molar-refractivity contribution is 0.150. The third kappa shape index (κ3) is 3.30. The highest BCUT2D eigenvalue weighted by Crippen LogP contribution is 2.28. The zero-order valence-electron chi connectivity index (χ0n) is 9.21. The molecule has 17 heavy (non-hydrogen) atoms. The van der Waals surface area contributed by atoms with Crippen molar-refractivity contribution in [2.75, 3.05) is 0 Å². The van der Waals surface area contributed by atoms with Gasteiger partial charge in [0.15, 0.2) is 0 Å². The summed E-state index contributed by atoms with van der Waals surface area (Å²) < 4.78 is 0.672. The monoisotopic (exact) mass is 267 g/mol. The van der Waals surface area contributed by atoms with Gasteiger partial charge in [0.2, 0.25) is 0 Å². The zero-order chi connectivity index (χ0) is 12.3. The smallest absolute Gasteiger partial charge is 0.104 e. The molecule has 0 aliphatic heterocycles. The summed E-state index contributed by atoms with van der Waals surface area (Å²) in [5, 5.41) is 10.1. The van der Waals surface area contributed by atoms with Crippen LogP contribution in [0.15, 0.2) is 42.5 Å². The van der Waals surface area contributed by atoms with E-state index in [1.54, 1.807) is 6.07 Å². The highest BCUT2D eigenvalue weighted by atomic mass is 35.5. The minimum Gasteiger partial charge on any atom is -0.386 e. The van der Waals surface area contributed by atoms with Crippen LogP contribution in [-0.2, 0) is 6.42 Å². The minimum atomic E-state index is -0.660. The summed E-state index contributed by atoms with van der Waals surface area (Å²) >= 11 is 7.21. The zero-order valence-corrected chi connectivity index (χ0v) is 10.8. The van der Waals surface area contributed by atoms with Gasteiger partial charge in [-0.2, -0.15) is 0 Å². The number of aliphatic hydroxyl groups is 1. The third-order valence-corrected chi connectivity index (χ3v) is 3.91. The highest BCUT2D eigenvalue weighted by molar-refractivity contribution is 7.16. The molecule has 0 aliphatic carbocycles. The van der Waals surface area contributed by atoms with Crippen molar-refractivity contribution in [2.24, 2.45) is 5.73 Å². The van der Waals surface area contributed by atoms with E-state index >= 15 is 0 Å². The van der Waals surface area contributed by atoms with Crippen molar-refractivity contribution in [1.29, 1.82) is 0 Å². The number of halogens is 1. The molecule has 2 nitrogen and oxygen atoms in total. The van der Waals surface area contributed by atoms with Crippen LogP contribution >= 0.6 is 22.9 Å². The first-order chi connectivity index (χ1) is 8.16. The van der Waals surface area contributed by atoms with Crippen LogP contribution in [0.25, 0.3) is 0 Å². The molecule has 0 saturated carbocycles. The van der Waals surface area contributed by atoms with Gasteiger partial charge in [-0.3, -0.25) is 0 Å². The summed E-state index contributed by atoms with van der Waals surface area (Å²) in [5.41, 5.74) is 7.13. The highest BCUT2D eigenvalue weighted by Gasteiger charge is 2.18. The molecule has 1 aromatic heterocycles. The van der Waals surface area contributed by atoms with Crippen LogP contribution in [0.1, 0.15) is 16.5 Å². The van der Waals surface area contributed by atoms with Gasteiger partial charge in [-0.15, -0.1) is 11.3 Å². The minimum absolute atomic E-state index is 0.313. The van der Waals surface area contributed by atoms with Crippen molar-refractivity contribution in [3.63, 3.8) is 0 Å². The van der Waals surface area contributed by atoms with Crippen molar-refractivity contribution in [3.05, 3.63) is 57.2 Å². The third-order valence-electron chi connectivity index (χ3n) is 2.61. The van der Waals surface area contributed by atoms with Gasteiger partial charge in [0, 0.05) is 10.9 Å². The fourth-order valence-corrected chi connectivity index (χ4v) is 2.82. The first-order valence-corrected chi connectivity index (χ1v) is 6.59. The second-order valence-corrected chi connectivity index (χ2v) is 5.69. The Bertz CT molecular complexity index is 471. The Morgan fingerprint density at radius 3 is 2.47 bits per heavy atom. The number of benzene rings is 1. The van der Waals surface area contributed by atoms with Gasteiger partial charge < -0.3 is 10.8 Å². The molecule has 2 unspecified atom stereocenters. The second-order valence-electron chi connectivity index (χ2n) is 3.94. The Labute approximate surface area is 110 Å². The summed E-state index contributed by atoms with van der Waals surface area (Å²) in [5.74, 6) is 0. The number of hydrogen-bond acceptors (Lipinski definition) is 3. The molecule has 0 aliphatic rings. The van der Waals surface area contributed by atoms with E-state index in [9.17, 15) is 5.11 Å². The van der Waals surface area contributed by atoms with Gasteiger partial charge in [-0.1, -0.05) is 41.9 Å². The molecule has 3 N–H and O–H groups in total. The van der Waals surface area contributed by atoms with E-state index in [1.807, 2.05) is 36.4 Å². The lowest BCUT2D eigenvalue weighted by atomic mass is 10.0. The largest absolute Gasteiger partial charge is 0.386 e. The van der Waals surface area contributed by atoms with Gasteiger partial charge >= 0.3 is 0 Å². The van der Waals surface area contributed by atoms with Crippen molar-refractivity contribution < 1.29 is 5.11 Å². The first-order valence-electron chi connectivity index (χ1n) is 5.39. The molecule has 90 valence electrons. The van der Waals surface area contributed by atoms with E-state index in [2.05, 4.69) is 0 Å². The molecule has 0 amide bonds. The fourth-order valence-electron chi connectivity index (χ4n) is 1.70. The van der Waals surface area contributed by atoms with Crippen LogP contribution in [-0.4, -0.2) is 11.1 Å². The van der Waals surface area contributed by atoms with Crippen LogP contribution in [0.5, 0.6) is 0 Å². The summed E-state index contributed by atoms with van der Waals surface area (Å²) in [4.78, 5) is 0.818. The Kier molecular flexibility index (Phi) is 4.18. The fraction of sp³-hybridized carbons (Fsp3) is 0.231. The van der Waals surface area contributed by atoms with E-state index in [0.29, 0.717) is 10.8 Å². The molecule has 0 fully saturated rings. The molecule has 0 bridgehead atoms. The molecule has 2 atom stereocenters. The van der Waals surface area contributed by atoms with Crippen molar-refractivity contribution in [2.45, 2.75) is 18.6 Å². The molecule has 0 saturated heterocycles. The van der Waals surface area contributed by atoms with Crippen LogP contribution in [0, 0.1) is 0 Å². The maximum Gasteiger partial charge on any atom is 0.104 e. The number of rotatable bonds is 4. The van der Waals surface area contributed by atoms with Gasteiger partial charge in [-0.25, -0.2) is 0 Å². The number of hydrogen-bond donors (Lipinski definition) is 2. The van der Waals surface area contributed by atoms with Gasteiger partial charge in [-0.05, 0) is 24.1 Å². The standard InChI is InChI=1S/C13H14ClNOS/c14-12-7-6-11(17-12)13(16)10(15)8-9-4-2-1-3-5-9/h1-7,10,13,16H,8,15H2. The Morgan fingerprint density at radius 1 is 1.18 bits per heavy atom. The summed E-state index contributed by atoms with van der Waals surface area (Å²) in [6.07, 6.45) is -0.00921. The molecule has 1 aromatic carbocycles. The molecule has 0 spiro atoms. The summed E-state index contributed by atoms with van der Waals surface area (Å²) in [6, 6.07) is 13.2. The normalized spacial score (nSPS) is 14.5. The maximum atomic E-state index is 10.1. The molecule has 0 radical (unpaired) electrons. The molecule has 2 aromatic rings. The summed E-state index contributed by atoms with van der Waals surface area (Å²) in [7, 11) is 0. The molecule has 1 heterocycles. The average molecular weight is 268 g/mol. The van der Waals surface area contributed by atoms with Crippen molar-refractivity contribution in [3.8, 4) is 0 Å². The van der Waals surface area contributed by atoms with Crippen LogP contribution in [0.3, 0.4) is 0 Å². The number of nitrogens with two attached hydrogens (primary N) is 1. The number of aliphatic hydroxyl groups excluding tert-OH is 1. The predicted molar refractivity (Wildman–Crippen MR) is 72.4 cm³/mol. The lowest BCUT2D eigenvalue weighted by Crippen LogP contribution is -2.30. The van der Waals surface area contributed by atoms with Crippen molar-refractivity contribution in [1.82, 2.24) is 0 Å². The van der Waals surface area contributed by atoms with Gasteiger partial charge in [0.05, 0.1) is 4.34 Å². The van der Waals surface area contributed by atoms with Crippen LogP contribution < -0.4 is 5.73 Å². The molecular formula is C13H14ClNOS. The molecule has 4 heteroatoms. The molecule has 2 rings (SSSR count). The topological polar surface area (TPSA) is 46.2 Å². The van der Waals surface area contributed by atoms with Gasteiger partial charge in [0.25, 0.3) is 0 Å². The number of thiophene rings is 1. The summed E-state index contributed by atoms with van der Waals surface area (Å²) in [6.45, 7) is 0. The lowest BCUT2D eigenvalue weighted by Gasteiger charge is -2.17. The van der Waals surface area contributed by atoms with E-state index in [-0.39, 0.29) is 6.04 Å². The Hall–Kier alpha value is -0.870. The van der Waals surface area contributed by atoms with Crippen LogP contribution in [0.2, 0.25) is 4.34 Å². The van der Waals surface area contributed by atoms with E-state index in [1.165, 1.54) is 11.3 Å². The second kappa shape index (κ2) is 5.65. The maximum absolute atomic E-state index is 10.1. The Morgan fingerprint density at radius 2 is 1.88 bits per heavy atom. The van der Waals surface area contributed by atoms with Gasteiger partial charge in [0.1, 0.15) is 6.10 Å². The SMILES string of the molecule is NC(Cc1ccccc1)C(O)c1ccc(Cl)s1. The molecular weight excluding hydrogens is 254 g/mol. The first kappa shape index (κ1) is 12.6.